The van der Waals surface area contributed by atoms with Crippen LogP contribution in [0.5, 0.6) is 0 Å². The zero-order valence-electron chi connectivity index (χ0n) is 9.43. The fourth-order valence-electron chi connectivity index (χ4n) is 1.70. The van der Waals surface area contributed by atoms with Crippen LogP contribution in [-0.4, -0.2) is 54.3 Å². The lowest BCUT2D eigenvalue weighted by Crippen LogP contribution is -2.40. The van der Waals surface area contributed by atoms with Crippen LogP contribution in [0.2, 0.25) is 0 Å². The van der Waals surface area contributed by atoms with Crippen molar-refractivity contribution in [2.75, 3.05) is 39.4 Å². The average Bonchev–Trinajstić information content (AvgIpc) is 2.37. The van der Waals surface area contributed by atoms with Crippen LogP contribution < -0.4 is 5.32 Å². The Morgan fingerprint density at radius 1 is 1.31 bits per heavy atom. The lowest BCUT2D eigenvalue weighted by Gasteiger charge is -2.26. The van der Waals surface area contributed by atoms with Crippen molar-refractivity contribution in [3.63, 3.8) is 0 Å². The lowest BCUT2D eigenvalue weighted by atomic mass is 10.4. The van der Waals surface area contributed by atoms with Crippen LogP contribution in [0.25, 0.3) is 0 Å². The zero-order chi connectivity index (χ0) is 11.1. The summed E-state index contributed by atoms with van der Waals surface area (Å²) < 4.78 is 5.29. The summed E-state index contributed by atoms with van der Waals surface area (Å²) in [4.78, 5) is 10.6. The van der Waals surface area contributed by atoms with E-state index in [2.05, 4.69) is 20.2 Å². The summed E-state index contributed by atoms with van der Waals surface area (Å²) in [7, 11) is 0. The highest BCUT2D eigenvalue weighted by molar-refractivity contribution is 4.93. The van der Waals surface area contributed by atoms with Crippen molar-refractivity contribution in [2.45, 2.75) is 6.54 Å². The van der Waals surface area contributed by atoms with Gasteiger partial charge in [-0.05, 0) is 0 Å². The van der Waals surface area contributed by atoms with Gasteiger partial charge in [-0.2, -0.15) is 0 Å². The van der Waals surface area contributed by atoms with Gasteiger partial charge in [0.05, 0.1) is 18.9 Å². The van der Waals surface area contributed by atoms with Crippen molar-refractivity contribution in [3.8, 4) is 0 Å². The molecule has 1 aliphatic rings. The molecule has 16 heavy (non-hydrogen) atoms. The quantitative estimate of drug-likeness (QED) is 0.705. The molecule has 0 saturated carbocycles. The molecular formula is C11H18N4O. The van der Waals surface area contributed by atoms with E-state index in [-0.39, 0.29) is 0 Å². The maximum absolute atomic E-state index is 5.29. The molecule has 2 rings (SSSR count). The molecule has 0 bridgehead atoms. The van der Waals surface area contributed by atoms with Crippen LogP contribution in [-0.2, 0) is 11.3 Å². The third-order valence-electron chi connectivity index (χ3n) is 2.63. The van der Waals surface area contributed by atoms with E-state index in [1.807, 2.05) is 0 Å². The zero-order valence-corrected chi connectivity index (χ0v) is 9.43. The SMILES string of the molecule is c1cnc(CNCCN2CCOCC2)cn1. The van der Waals surface area contributed by atoms with Gasteiger partial charge in [0, 0.05) is 51.3 Å². The Bertz CT molecular complexity index is 287. The standard InChI is InChI=1S/C11H18N4O/c1-2-14-11(9-12-1)10-13-3-4-15-5-7-16-8-6-15/h1-2,9,13H,3-8,10H2. The fourth-order valence-corrected chi connectivity index (χ4v) is 1.70. The molecule has 1 aromatic rings. The molecule has 1 N–H and O–H groups in total. The first kappa shape index (κ1) is 11.4. The highest BCUT2D eigenvalue weighted by Gasteiger charge is 2.08. The average molecular weight is 222 g/mol. The van der Waals surface area contributed by atoms with Crippen molar-refractivity contribution in [1.82, 2.24) is 20.2 Å². The molecule has 0 atom stereocenters. The van der Waals surface area contributed by atoms with Gasteiger partial charge >= 0.3 is 0 Å². The van der Waals surface area contributed by atoms with Crippen LogP contribution in [0.4, 0.5) is 0 Å². The Hall–Kier alpha value is -1.04. The number of morpholine rings is 1. The minimum absolute atomic E-state index is 0.790. The molecule has 0 amide bonds. The summed E-state index contributed by atoms with van der Waals surface area (Å²) >= 11 is 0. The summed E-state index contributed by atoms with van der Waals surface area (Å²) in [6.45, 7) is 6.67. The number of hydrogen-bond acceptors (Lipinski definition) is 5. The van der Waals surface area contributed by atoms with Gasteiger partial charge in [0.1, 0.15) is 0 Å². The monoisotopic (exact) mass is 222 g/mol. The fraction of sp³-hybridized carbons (Fsp3) is 0.636. The predicted octanol–water partition coefficient (Wildman–Crippen LogP) is -0.102. The van der Waals surface area contributed by atoms with E-state index < -0.39 is 0 Å². The molecule has 5 heteroatoms. The number of nitrogens with zero attached hydrogens (tertiary/aromatic N) is 3. The van der Waals surface area contributed by atoms with Crippen molar-refractivity contribution in [2.24, 2.45) is 0 Å². The second-order valence-corrected chi connectivity index (χ2v) is 3.83. The Kier molecular flexibility index (Phi) is 4.67. The number of rotatable bonds is 5. The van der Waals surface area contributed by atoms with Gasteiger partial charge in [-0.15, -0.1) is 0 Å². The lowest BCUT2D eigenvalue weighted by molar-refractivity contribution is 0.0384. The molecule has 0 aromatic carbocycles. The Labute approximate surface area is 95.8 Å². The molecule has 1 fully saturated rings. The minimum atomic E-state index is 0.790. The van der Waals surface area contributed by atoms with Crippen LogP contribution in [0.3, 0.4) is 0 Å². The molecule has 1 aliphatic heterocycles. The Balaban J connectivity index is 1.58. The van der Waals surface area contributed by atoms with Gasteiger partial charge in [0.2, 0.25) is 0 Å². The van der Waals surface area contributed by atoms with Gasteiger partial charge < -0.3 is 10.1 Å². The van der Waals surface area contributed by atoms with Gasteiger partial charge in [0.15, 0.2) is 0 Å². The number of hydrogen-bond donors (Lipinski definition) is 1. The van der Waals surface area contributed by atoms with Crippen LogP contribution in [0.1, 0.15) is 5.69 Å². The second kappa shape index (κ2) is 6.52. The third-order valence-corrected chi connectivity index (χ3v) is 2.63. The van der Waals surface area contributed by atoms with Crippen molar-refractivity contribution < 1.29 is 4.74 Å². The van der Waals surface area contributed by atoms with Crippen LogP contribution in [0, 0.1) is 0 Å². The van der Waals surface area contributed by atoms with Gasteiger partial charge in [0.25, 0.3) is 0 Å². The normalized spacial score (nSPS) is 17.5. The number of ether oxygens (including phenoxy) is 1. The Morgan fingerprint density at radius 3 is 2.94 bits per heavy atom. The van der Waals surface area contributed by atoms with E-state index in [1.54, 1.807) is 18.6 Å². The largest absolute Gasteiger partial charge is 0.379 e. The molecule has 5 nitrogen and oxygen atoms in total. The molecule has 1 saturated heterocycles. The summed E-state index contributed by atoms with van der Waals surface area (Å²) in [6, 6.07) is 0. The Morgan fingerprint density at radius 2 is 2.19 bits per heavy atom. The van der Waals surface area contributed by atoms with E-state index in [4.69, 9.17) is 4.74 Å². The minimum Gasteiger partial charge on any atom is -0.379 e. The summed E-state index contributed by atoms with van der Waals surface area (Å²) in [6.07, 6.45) is 5.21. The molecule has 2 heterocycles. The summed E-state index contributed by atoms with van der Waals surface area (Å²) in [5.74, 6) is 0. The molecular weight excluding hydrogens is 204 g/mol. The molecule has 0 aliphatic carbocycles. The highest BCUT2D eigenvalue weighted by atomic mass is 16.5. The third kappa shape index (κ3) is 3.84. The topological polar surface area (TPSA) is 50.3 Å². The van der Waals surface area contributed by atoms with Crippen molar-refractivity contribution >= 4 is 0 Å². The van der Waals surface area contributed by atoms with Gasteiger partial charge in [-0.3, -0.25) is 14.9 Å². The summed E-state index contributed by atoms with van der Waals surface area (Å²) in [5, 5.41) is 3.36. The van der Waals surface area contributed by atoms with Crippen molar-refractivity contribution in [1.29, 1.82) is 0 Å². The second-order valence-electron chi connectivity index (χ2n) is 3.83. The maximum Gasteiger partial charge on any atom is 0.0724 e. The smallest absolute Gasteiger partial charge is 0.0724 e. The van der Waals surface area contributed by atoms with Crippen molar-refractivity contribution in [3.05, 3.63) is 24.3 Å². The first-order valence-corrected chi connectivity index (χ1v) is 5.71. The molecule has 0 spiro atoms. The number of nitrogens with one attached hydrogen (secondary N) is 1. The van der Waals surface area contributed by atoms with Crippen LogP contribution >= 0.6 is 0 Å². The molecule has 0 unspecified atom stereocenters. The maximum atomic E-state index is 5.29. The predicted molar refractivity (Wildman–Crippen MR) is 61.0 cm³/mol. The van der Waals surface area contributed by atoms with E-state index in [1.165, 1.54) is 0 Å². The van der Waals surface area contributed by atoms with Gasteiger partial charge in [-0.1, -0.05) is 0 Å². The molecule has 0 radical (unpaired) electrons. The molecule has 1 aromatic heterocycles. The molecule has 88 valence electrons. The number of aromatic nitrogens is 2. The van der Waals surface area contributed by atoms with Crippen LogP contribution in [0.15, 0.2) is 18.6 Å². The highest BCUT2D eigenvalue weighted by Crippen LogP contribution is 1.95. The van der Waals surface area contributed by atoms with E-state index in [0.29, 0.717) is 0 Å². The first-order valence-electron chi connectivity index (χ1n) is 5.71. The van der Waals surface area contributed by atoms with E-state index in [0.717, 1.165) is 51.6 Å². The van der Waals surface area contributed by atoms with E-state index >= 15 is 0 Å². The first-order chi connectivity index (χ1) is 7.95. The summed E-state index contributed by atoms with van der Waals surface area (Å²) in [5.41, 5.74) is 0.990. The van der Waals surface area contributed by atoms with E-state index in [9.17, 15) is 0 Å². The van der Waals surface area contributed by atoms with Gasteiger partial charge in [-0.25, -0.2) is 0 Å².